The number of ether oxygens (including phenoxy) is 7. The van der Waals surface area contributed by atoms with Gasteiger partial charge >= 0.3 is 5.97 Å². The normalized spacial score (nSPS) is 43.7. The second kappa shape index (κ2) is 22.9. The number of likely N-dealkylation sites (N-methyl/N-ethyl adjacent to an activating group) is 1. The number of aliphatic hydroxyl groups is 4. The van der Waals surface area contributed by atoms with Gasteiger partial charge in [0.15, 0.2) is 12.6 Å². The van der Waals surface area contributed by atoms with Crippen LogP contribution in [0.25, 0.3) is 0 Å². The number of carbonyl (C=O) groups excluding carboxylic acids is 1. The second-order valence-electron chi connectivity index (χ2n) is 20.2. The van der Waals surface area contributed by atoms with E-state index in [0.717, 1.165) is 19.4 Å². The van der Waals surface area contributed by atoms with Crippen molar-refractivity contribution in [2.24, 2.45) is 23.2 Å². The predicted octanol–water partition coefficient (Wildman–Crippen LogP) is 3.95. The fourth-order valence-electron chi connectivity index (χ4n) is 10.5. The Morgan fingerprint density at radius 1 is 0.951 bits per heavy atom. The monoisotopic (exact) mass is 876 g/mol. The summed E-state index contributed by atoms with van der Waals surface area (Å²) in [5, 5.41) is 51.1. The number of hydrogen-bond donors (Lipinski definition) is 5. The van der Waals surface area contributed by atoms with Gasteiger partial charge in [0.25, 0.3) is 0 Å². The minimum absolute atomic E-state index is 0.00555. The van der Waals surface area contributed by atoms with Gasteiger partial charge < -0.3 is 68.7 Å². The summed E-state index contributed by atoms with van der Waals surface area (Å²) in [7, 11) is 7.10. The molecule has 360 valence electrons. The third-order valence-electron chi connectivity index (χ3n) is 14.4. The van der Waals surface area contributed by atoms with Gasteiger partial charge in [0.2, 0.25) is 0 Å². The van der Waals surface area contributed by atoms with Crippen molar-refractivity contribution in [1.29, 1.82) is 0 Å². The topological polar surface area (TPSA) is 181 Å². The number of rotatable bonds is 15. The summed E-state index contributed by atoms with van der Waals surface area (Å²) in [5.74, 6) is -2.44. The summed E-state index contributed by atoms with van der Waals surface area (Å²) in [6, 6.07) is -0.205. The Morgan fingerprint density at radius 3 is 2.18 bits per heavy atom. The highest BCUT2D eigenvalue weighted by molar-refractivity contribution is 5.73. The molecular formula is C46H89N3O12. The predicted molar refractivity (Wildman–Crippen MR) is 235 cm³/mol. The number of nitrogens with one attached hydrogen (secondary N) is 1. The van der Waals surface area contributed by atoms with E-state index in [4.69, 9.17) is 33.2 Å². The summed E-state index contributed by atoms with van der Waals surface area (Å²) < 4.78 is 44.6. The minimum atomic E-state index is -1.75. The molecular weight excluding hydrogens is 787 g/mol. The molecule has 3 heterocycles. The van der Waals surface area contributed by atoms with E-state index in [1.807, 2.05) is 53.6 Å². The van der Waals surface area contributed by atoms with E-state index in [9.17, 15) is 25.2 Å². The Labute approximate surface area is 368 Å². The Hall–Kier alpha value is -1.05. The molecule has 15 heteroatoms. The molecule has 0 radical (unpaired) electrons. The SMILES string of the molecule is CCCN1C[C@H](C)[C@@H](O)[C@](C)(O)[C@@H](CC)OC(=O)[C@H](C)[C@H](O[C@@H]2C[C@](C)(OC)[C@@](O)(CNCCCOC)[C@H](C)O2)[C@H](C)[C@@H](O[C@@H]2O[C@H](C)C[C@H](N(C)C)[C@H]2O)C(C)(C)C[C@H]1C. The molecule has 0 aromatic rings. The first-order valence-corrected chi connectivity index (χ1v) is 23.1. The largest absolute Gasteiger partial charge is 0.459 e. The molecule has 15 nitrogen and oxygen atoms in total. The van der Waals surface area contributed by atoms with Gasteiger partial charge in [-0.15, -0.1) is 0 Å². The quantitative estimate of drug-likeness (QED) is 0.118. The molecule has 0 bridgehead atoms. The van der Waals surface area contributed by atoms with Crippen molar-refractivity contribution in [3.63, 3.8) is 0 Å². The first-order chi connectivity index (χ1) is 28.3. The lowest BCUT2D eigenvalue weighted by atomic mass is 9.72. The summed E-state index contributed by atoms with van der Waals surface area (Å²) in [6.45, 7) is 26.0. The molecule has 3 fully saturated rings. The van der Waals surface area contributed by atoms with Crippen LogP contribution in [0.15, 0.2) is 0 Å². The van der Waals surface area contributed by atoms with Crippen LogP contribution >= 0.6 is 0 Å². The molecule has 61 heavy (non-hydrogen) atoms. The summed E-state index contributed by atoms with van der Waals surface area (Å²) in [5.41, 5.74) is -4.92. The summed E-state index contributed by atoms with van der Waals surface area (Å²) in [4.78, 5) is 18.9. The second-order valence-corrected chi connectivity index (χ2v) is 20.2. The lowest BCUT2D eigenvalue weighted by molar-refractivity contribution is -0.334. The van der Waals surface area contributed by atoms with Gasteiger partial charge in [-0.25, -0.2) is 0 Å². The van der Waals surface area contributed by atoms with Crippen LogP contribution in [0.5, 0.6) is 0 Å². The first kappa shape index (κ1) is 54.3. The minimum Gasteiger partial charge on any atom is -0.459 e. The van der Waals surface area contributed by atoms with Crippen molar-refractivity contribution in [1.82, 2.24) is 15.1 Å². The Morgan fingerprint density at radius 2 is 1.61 bits per heavy atom. The number of esters is 1. The first-order valence-electron chi connectivity index (χ1n) is 23.1. The van der Waals surface area contributed by atoms with Gasteiger partial charge in [-0.1, -0.05) is 41.5 Å². The van der Waals surface area contributed by atoms with Crippen LogP contribution in [0, 0.1) is 23.2 Å². The smallest absolute Gasteiger partial charge is 0.311 e. The van der Waals surface area contributed by atoms with Gasteiger partial charge in [0.1, 0.15) is 29.0 Å². The summed E-state index contributed by atoms with van der Waals surface area (Å²) in [6.07, 6.45) is -4.25. The standard InChI is InChI=1S/C46H89N3O12/c1-17-21-49-26-28(3)39(51)45(12,53)35(18-2)59-41(52)32(7)38(60-36-25-44(11,56-16)46(54,33(8)58-36)27-47-20-19-22-55-15)31(6)40(43(9,10)24-29(49)4)61-42-37(50)34(48(13)14)23-30(5)57-42/h28-40,42,47,50-51,53-54H,17-27H2,1-16H3/t28-,29+,30+,31-,32+,33-,34-,35+,36+,37+,38+,39+,40+,42-,44-,45+,46+/m0/s1. The van der Waals surface area contributed by atoms with E-state index < -0.39 is 89.2 Å². The van der Waals surface area contributed by atoms with Crippen LogP contribution < -0.4 is 5.32 Å². The zero-order chi connectivity index (χ0) is 46.2. The molecule has 0 aromatic carbocycles. The molecule has 0 amide bonds. The molecule has 3 rings (SSSR count). The van der Waals surface area contributed by atoms with Gasteiger partial charge in [0, 0.05) is 58.3 Å². The third-order valence-corrected chi connectivity index (χ3v) is 14.4. The zero-order valence-electron chi connectivity index (χ0n) is 40.8. The lowest BCUT2D eigenvalue weighted by Crippen LogP contribution is -2.70. The molecule has 3 aliphatic heterocycles. The van der Waals surface area contributed by atoms with Crippen LogP contribution in [0.2, 0.25) is 0 Å². The molecule has 0 aliphatic carbocycles. The van der Waals surface area contributed by atoms with Crippen molar-refractivity contribution >= 4 is 5.97 Å². The van der Waals surface area contributed by atoms with Gasteiger partial charge in [0.05, 0.1) is 36.4 Å². The molecule has 0 saturated carbocycles. The maximum atomic E-state index is 14.6. The maximum absolute atomic E-state index is 14.6. The number of carbonyl (C=O) groups is 1. The van der Waals surface area contributed by atoms with Crippen molar-refractivity contribution in [2.75, 3.05) is 61.1 Å². The molecule has 0 unspecified atom stereocenters. The van der Waals surface area contributed by atoms with Crippen LogP contribution in [0.1, 0.15) is 122 Å². The van der Waals surface area contributed by atoms with Gasteiger partial charge in [-0.2, -0.15) is 0 Å². The van der Waals surface area contributed by atoms with E-state index in [2.05, 4.69) is 37.9 Å². The Kier molecular flexibility index (Phi) is 20.4. The zero-order valence-corrected chi connectivity index (χ0v) is 40.8. The number of methoxy groups -OCH3 is 2. The van der Waals surface area contributed by atoms with E-state index in [1.54, 1.807) is 35.0 Å². The van der Waals surface area contributed by atoms with Crippen LogP contribution in [0.4, 0.5) is 0 Å². The number of cyclic esters (lactones) is 1. The van der Waals surface area contributed by atoms with Gasteiger partial charge in [-0.05, 0) is 112 Å². The van der Waals surface area contributed by atoms with Crippen molar-refractivity contribution < 1.29 is 58.4 Å². The van der Waals surface area contributed by atoms with Crippen molar-refractivity contribution in [2.45, 2.75) is 206 Å². The average molecular weight is 876 g/mol. The molecule has 3 saturated heterocycles. The van der Waals surface area contributed by atoms with Crippen LogP contribution in [-0.4, -0.2) is 181 Å². The highest BCUT2D eigenvalue weighted by Crippen LogP contribution is 2.45. The Bertz CT molecular complexity index is 1330. The number of aliphatic hydroxyl groups excluding tert-OH is 2. The third kappa shape index (κ3) is 12.9. The average Bonchev–Trinajstić information content (AvgIpc) is 3.19. The van der Waals surface area contributed by atoms with Crippen LogP contribution in [0.3, 0.4) is 0 Å². The van der Waals surface area contributed by atoms with Crippen molar-refractivity contribution in [3.05, 3.63) is 0 Å². The highest BCUT2D eigenvalue weighted by Gasteiger charge is 2.58. The fraction of sp³-hybridized carbons (Fsp3) is 0.978. The van der Waals surface area contributed by atoms with Gasteiger partial charge in [-0.3, -0.25) is 4.79 Å². The van der Waals surface area contributed by atoms with Crippen molar-refractivity contribution in [3.8, 4) is 0 Å². The summed E-state index contributed by atoms with van der Waals surface area (Å²) >= 11 is 0. The number of nitrogens with zero attached hydrogens (tertiary/aromatic N) is 2. The molecule has 5 N–H and O–H groups in total. The molecule has 3 aliphatic rings. The number of hydrogen-bond acceptors (Lipinski definition) is 15. The molecule has 0 spiro atoms. The van der Waals surface area contributed by atoms with E-state index in [-0.39, 0.29) is 43.5 Å². The molecule has 17 atom stereocenters. The van der Waals surface area contributed by atoms with Crippen LogP contribution in [-0.2, 0) is 38.0 Å². The highest BCUT2D eigenvalue weighted by atomic mass is 16.7. The van der Waals surface area contributed by atoms with E-state index >= 15 is 0 Å². The van der Waals surface area contributed by atoms with E-state index in [0.29, 0.717) is 32.5 Å². The molecule has 0 aromatic heterocycles. The fourth-order valence-corrected chi connectivity index (χ4v) is 10.5. The van der Waals surface area contributed by atoms with E-state index in [1.165, 1.54) is 0 Å². The lowest BCUT2D eigenvalue weighted by Gasteiger charge is -2.54. The Balaban J connectivity index is 2.19. The maximum Gasteiger partial charge on any atom is 0.311 e.